The molecule has 0 radical (unpaired) electrons. The number of hydrogen-bond acceptors (Lipinski definition) is 10. The zero-order valence-electron chi connectivity index (χ0n) is 23.3. The van der Waals surface area contributed by atoms with Crippen LogP contribution in [0.5, 0.6) is 0 Å². The van der Waals surface area contributed by atoms with E-state index < -0.39 is 65.5 Å². The summed E-state index contributed by atoms with van der Waals surface area (Å²) >= 11 is 1.49. The fourth-order valence-corrected chi connectivity index (χ4v) is 5.45. The molecule has 2 aliphatic rings. The van der Waals surface area contributed by atoms with E-state index in [0.29, 0.717) is 11.5 Å². The van der Waals surface area contributed by atoms with Gasteiger partial charge in [-0.15, -0.1) is 0 Å². The van der Waals surface area contributed by atoms with Crippen molar-refractivity contribution in [2.45, 2.75) is 116 Å². The van der Waals surface area contributed by atoms with Crippen molar-refractivity contribution in [2.24, 2.45) is 0 Å². The Morgan fingerprint density at radius 3 is 2.14 bits per heavy atom. The number of hydrogen-bond donors (Lipinski definition) is 1. The van der Waals surface area contributed by atoms with Crippen LogP contribution in [0.2, 0.25) is 0 Å². The average molecular weight is 544 g/mol. The van der Waals surface area contributed by atoms with Gasteiger partial charge in [-0.2, -0.15) is 17.0 Å². The summed E-state index contributed by atoms with van der Waals surface area (Å²) < 4.78 is 28.0. The summed E-state index contributed by atoms with van der Waals surface area (Å²) in [6, 6.07) is 0.335. The van der Waals surface area contributed by atoms with Gasteiger partial charge < -0.3 is 29.0 Å². The van der Waals surface area contributed by atoms with Crippen molar-refractivity contribution in [3.8, 4) is 6.07 Å². The number of nitrogens with zero attached hydrogens (tertiary/aromatic N) is 2. The Bertz CT molecular complexity index is 877. The highest BCUT2D eigenvalue weighted by Crippen LogP contribution is 2.43. The van der Waals surface area contributed by atoms with Crippen molar-refractivity contribution >= 4 is 29.9 Å². The molecule has 2 rings (SSSR count). The Balaban J connectivity index is 2.12. The van der Waals surface area contributed by atoms with Crippen LogP contribution in [0.25, 0.3) is 0 Å². The van der Waals surface area contributed by atoms with Crippen LogP contribution in [0, 0.1) is 11.3 Å². The highest BCUT2D eigenvalue weighted by Gasteiger charge is 2.59. The molecule has 0 saturated carbocycles. The first kappa shape index (κ1) is 31.0. The van der Waals surface area contributed by atoms with E-state index in [-0.39, 0.29) is 12.8 Å². The molecule has 2 aliphatic heterocycles. The number of carbonyl (C=O) groups is 3. The number of esters is 1. The van der Waals surface area contributed by atoms with E-state index in [1.807, 2.05) is 0 Å². The van der Waals surface area contributed by atoms with Gasteiger partial charge in [0.2, 0.25) is 0 Å². The molecule has 2 heterocycles. The zero-order valence-corrected chi connectivity index (χ0v) is 24.1. The Morgan fingerprint density at radius 2 is 1.62 bits per heavy atom. The van der Waals surface area contributed by atoms with Gasteiger partial charge in [0.25, 0.3) is 0 Å². The van der Waals surface area contributed by atoms with E-state index in [1.54, 1.807) is 60.3 Å². The van der Waals surface area contributed by atoms with Crippen molar-refractivity contribution in [1.82, 2.24) is 10.2 Å². The number of fused-ring (bicyclic) bond motifs is 1. The average Bonchev–Trinajstić information content (AvgIpc) is 3.18. The van der Waals surface area contributed by atoms with E-state index in [0.717, 1.165) is 0 Å². The summed E-state index contributed by atoms with van der Waals surface area (Å²) in [7, 11) is 1.26. The normalized spacial score (nSPS) is 25.6. The monoisotopic (exact) mass is 543 g/mol. The molecule has 5 unspecified atom stereocenters. The summed E-state index contributed by atoms with van der Waals surface area (Å²) in [5.74, 6) is -0.508. The number of methoxy groups -OCH3 is 1. The molecule has 0 aliphatic carbocycles. The quantitative estimate of drug-likeness (QED) is 0.275. The first-order valence-electron chi connectivity index (χ1n) is 12.4. The van der Waals surface area contributed by atoms with Crippen LogP contribution in [0.4, 0.5) is 9.59 Å². The SMILES string of the molecule is COC(=O)C(CCSCC1C2OC(C)(C)OC2C(CC#N)N1C(=O)OC(C)(C)C)NC(=O)OC(C)(C)C. The maximum absolute atomic E-state index is 13.2. The zero-order chi connectivity index (χ0) is 28.2. The minimum Gasteiger partial charge on any atom is -0.467 e. The van der Waals surface area contributed by atoms with Gasteiger partial charge >= 0.3 is 18.2 Å². The van der Waals surface area contributed by atoms with E-state index in [4.69, 9.17) is 23.7 Å². The number of rotatable bonds is 8. The number of ether oxygens (including phenoxy) is 5. The van der Waals surface area contributed by atoms with Crippen LogP contribution in [0.3, 0.4) is 0 Å². The predicted octanol–water partition coefficient (Wildman–Crippen LogP) is 3.60. The summed E-state index contributed by atoms with van der Waals surface area (Å²) in [6.45, 7) is 14.2. The Morgan fingerprint density at radius 1 is 1.05 bits per heavy atom. The molecular weight excluding hydrogens is 502 g/mol. The van der Waals surface area contributed by atoms with Gasteiger partial charge in [-0.3, -0.25) is 4.90 Å². The fourth-order valence-electron chi connectivity index (χ4n) is 4.29. The summed E-state index contributed by atoms with van der Waals surface area (Å²) in [4.78, 5) is 39.2. The van der Waals surface area contributed by atoms with Crippen molar-refractivity contribution in [3.63, 3.8) is 0 Å². The van der Waals surface area contributed by atoms with Gasteiger partial charge in [0.15, 0.2) is 5.79 Å². The smallest absolute Gasteiger partial charge is 0.411 e. The van der Waals surface area contributed by atoms with Crippen molar-refractivity contribution < 1.29 is 38.1 Å². The van der Waals surface area contributed by atoms with E-state index in [1.165, 1.54) is 18.9 Å². The number of carbonyl (C=O) groups excluding carboxylic acids is 3. The van der Waals surface area contributed by atoms with Crippen molar-refractivity contribution in [1.29, 1.82) is 5.26 Å². The lowest BCUT2D eigenvalue weighted by Crippen LogP contribution is -2.49. The number of nitriles is 1. The molecule has 0 aromatic rings. The van der Waals surface area contributed by atoms with Crippen LogP contribution in [-0.4, -0.2) is 89.0 Å². The molecule has 12 heteroatoms. The van der Waals surface area contributed by atoms with Crippen LogP contribution in [-0.2, 0) is 28.5 Å². The van der Waals surface area contributed by atoms with Crippen LogP contribution < -0.4 is 5.32 Å². The second-order valence-electron chi connectivity index (χ2n) is 11.5. The molecule has 0 aromatic heterocycles. The topological polar surface area (TPSA) is 136 Å². The lowest BCUT2D eigenvalue weighted by Gasteiger charge is -2.34. The molecule has 2 amide bonds. The van der Waals surface area contributed by atoms with Gasteiger partial charge in [-0.05, 0) is 67.6 Å². The van der Waals surface area contributed by atoms with Crippen LogP contribution in [0.1, 0.15) is 68.2 Å². The summed E-state index contributed by atoms with van der Waals surface area (Å²) in [5, 5.41) is 12.0. The Labute approximate surface area is 223 Å². The van der Waals surface area contributed by atoms with Gasteiger partial charge in [-0.25, -0.2) is 14.4 Å². The van der Waals surface area contributed by atoms with Crippen molar-refractivity contribution in [3.05, 3.63) is 0 Å². The fraction of sp³-hybridized carbons (Fsp3) is 0.840. The third kappa shape index (κ3) is 8.93. The van der Waals surface area contributed by atoms with E-state index in [9.17, 15) is 19.6 Å². The van der Waals surface area contributed by atoms with E-state index in [2.05, 4.69) is 11.4 Å². The predicted molar refractivity (Wildman–Crippen MR) is 137 cm³/mol. The highest BCUT2D eigenvalue weighted by atomic mass is 32.2. The molecule has 1 N–H and O–H groups in total. The highest BCUT2D eigenvalue weighted by molar-refractivity contribution is 7.99. The third-order valence-corrected chi connectivity index (χ3v) is 6.66. The molecule has 2 saturated heterocycles. The third-order valence-electron chi connectivity index (χ3n) is 5.56. The lowest BCUT2D eigenvalue weighted by atomic mass is 10.1. The standard InChI is InChI=1S/C25H41N3O8S/c1-23(2,3)35-21(30)27-15(20(29)32-9)11-13-37-14-17-19-18(33-25(7,8)34-19)16(10-12-26)28(17)22(31)36-24(4,5)6/h15-19H,10-11,13-14H2,1-9H3,(H,27,30). The molecule has 5 atom stereocenters. The number of alkyl carbamates (subject to hydrolysis) is 1. The largest absolute Gasteiger partial charge is 0.467 e. The van der Waals surface area contributed by atoms with Crippen LogP contribution in [0.15, 0.2) is 0 Å². The second-order valence-corrected chi connectivity index (χ2v) is 12.7. The second kappa shape index (κ2) is 12.1. The number of thioether (sulfide) groups is 1. The number of likely N-dealkylation sites (tertiary alicyclic amines) is 1. The van der Waals surface area contributed by atoms with Gasteiger partial charge in [0.05, 0.1) is 31.7 Å². The van der Waals surface area contributed by atoms with Gasteiger partial charge in [0.1, 0.15) is 29.5 Å². The maximum Gasteiger partial charge on any atom is 0.411 e. The summed E-state index contributed by atoms with van der Waals surface area (Å²) in [5.41, 5.74) is -1.42. The number of amides is 2. The molecular formula is C25H41N3O8S. The molecule has 37 heavy (non-hydrogen) atoms. The minimum absolute atomic E-state index is 0.0746. The lowest BCUT2D eigenvalue weighted by molar-refractivity contribution is -0.165. The molecule has 210 valence electrons. The van der Waals surface area contributed by atoms with Crippen LogP contribution >= 0.6 is 11.8 Å². The number of nitrogens with one attached hydrogen (secondary N) is 1. The van der Waals surface area contributed by atoms with E-state index >= 15 is 0 Å². The molecule has 2 fully saturated rings. The van der Waals surface area contributed by atoms with Crippen molar-refractivity contribution in [2.75, 3.05) is 18.6 Å². The Hall–Kier alpha value is -2.23. The molecule has 0 bridgehead atoms. The minimum atomic E-state index is -0.887. The van der Waals surface area contributed by atoms with Gasteiger partial charge in [-0.1, -0.05) is 0 Å². The maximum atomic E-state index is 13.2. The molecule has 11 nitrogen and oxygen atoms in total. The molecule has 0 aromatic carbocycles. The summed E-state index contributed by atoms with van der Waals surface area (Å²) in [6.07, 6.45) is -1.79. The molecule has 0 spiro atoms. The Kier molecular flexibility index (Phi) is 10.1. The van der Waals surface area contributed by atoms with Gasteiger partial charge in [0, 0.05) is 5.75 Å². The first-order chi connectivity index (χ1) is 17.0. The first-order valence-corrected chi connectivity index (χ1v) is 13.5.